The molecule has 3 heterocycles. The molecule has 1 spiro atoms. The van der Waals surface area contributed by atoms with E-state index in [0.717, 1.165) is 44.5 Å². The van der Waals surface area contributed by atoms with Crippen molar-refractivity contribution in [2.24, 2.45) is 0 Å². The van der Waals surface area contributed by atoms with Crippen LogP contribution >= 0.6 is 23.7 Å². The Bertz CT molecular complexity index is 794. The fraction of sp³-hybridized carbons (Fsp3) is 0.522. The van der Waals surface area contributed by atoms with Crippen molar-refractivity contribution in [3.63, 3.8) is 0 Å². The van der Waals surface area contributed by atoms with Crippen LogP contribution in [-0.2, 0) is 16.7 Å². The van der Waals surface area contributed by atoms with Crippen LogP contribution in [-0.4, -0.2) is 23.7 Å². The topological polar surface area (TPSA) is 34.2 Å². The molecular weight excluding hydrogens is 388 g/mol. The van der Waals surface area contributed by atoms with Gasteiger partial charge in [-0.05, 0) is 62.2 Å². The summed E-state index contributed by atoms with van der Waals surface area (Å²) in [6.07, 6.45) is 15.8. The lowest BCUT2D eigenvalue weighted by molar-refractivity contribution is -0.104. The van der Waals surface area contributed by atoms with Crippen LogP contribution in [0.15, 0.2) is 35.8 Å². The van der Waals surface area contributed by atoms with Crippen molar-refractivity contribution in [3.05, 3.63) is 52.0 Å². The molecule has 2 aliphatic rings. The van der Waals surface area contributed by atoms with Gasteiger partial charge in [-0.15, -0.1) is 30.2 Å². The summed E-state index contributed by atoms with van der Waals surface area (Å²) in [4.78, 5) is 6.03. The minimum Gasteiger partial charge on any atom is -0.375 e. The molecular formula is C23H29ClN2OS. The molecule has 4 rings (SSSR count). The van der Waals surface area contributed by atoms with Gasteiger partial charge in [-0.3, -0.25) is 4.98 Å². The number of hydrogen-bond acceptors (Lipinski definition) is 4. The molecule has 1 aliphatic carbocycles. The van der Waals surface area contributed by atoms with Gasteiger partial charge in [-0.2, -0.15) is 0 Å². The second-order valence-corrected chi connectivity index (χ2v) is 8.99. The van der Waals surface area contributed by atoms with Gasteiger partial charge < -0.3 is 10.1 Å². The van der Waals surface area contributed by atoms with E-state index in [2.05, 4.69) is 28.8 Å². The van der Waals surface area contributed by atoms with Crippen LogP contribution in [0.1, 0.15) is 61.1 Å². The predicted molar refractivity (Wildman–Crippen MR) is 118 cm³/mol. The van der Waals surface area contributed by atoms with Crippen molar-refractivity contribution in [2.45, 2.75) is 62.5 Å². The molecule has 1 saturated heterocycles. The van der Waals surface area contributed by atoms with Crippen LogP contribution in [0.5, 0.6) is 0 Å². The van der Waals surface area contributed by atoms with Crippen molar-refractivity contribution in [2.75, 3.05) is 13.2 Å². The van der Waals surface area contributed by atoms with Crippen LogP contribution in [0, 0.1) is 12.3 Å². The summed E-state index contributed by atoms with van der Waals surface area (Å²) >= 11 is 1.73. The van der Waals surface area contributed by atoms with Crippen molar-refractivity contribution in [3.8, 4) is 12.3 Å². The molecule has 1 saturated carbocycles. The lowest BCUT2D eigenvalue weighted by atomic mass is 9.68. The van der Waals surface area contributed by atoms with Gasteiger partial charge in [0.05, 0.1) is 5.60 Å². The molecule has 0 radical (unpaired) electrons. The van der Waals surface area contributed by atoms with Gasteiger partial charge in [0.1, 0.15) is 0 Å². The molecule has 0 amide bonds. The monoisotopic (exact) mass is 416 g/mol. The van der Waals surface area contributed by atoms with E-state index in [0.29, 0.717) is 0 Å². The smallest absolute Gasteiger partial charge is 0.0691 e. The molecule has 5 heteroatoms. The Balaban J connectivity index is 0.00000225. The first-order chi connectivity index (χ1) is 13.3. The first kappa shape index (κ1) is 21.3. The zero-order valence-electron chi connectivity index (χ0n) is 16.3. The maximum absolute atomic E-state index is 6.33. The molecule has 1 N–H and O–H groups in total. The number of pyridine rings is 1. The van der Waals surface area contributed by atoms with Gasteiger partial charge in [0.15, 0.2) is 0 Å². The molecule has 28 heavy (non-hydrogen) atoms. The van der Waals surface area contributed by atoms with Crippen molar-refractivity contribution >= 4 is 23.7 Å². The Morgan fingerprint density at radius 3 is 2.82 bits per heavy atom. The molecule has 150 valence electrons. The number of rotatable bonds is 6. The van der Waals surface area contributed by atoms with Crippen LogP contribution < -0.4 is 5.32 Å². The van der Waals surface area contributed by atoms with Gasteiger partial charge in [0.2, 0.25) is 0 Å². The minimum atomic E-state index is 0. The van der Waals surface area contributed by atoms with Crippen molar-refractivity contribution in [1.29, 1.82) is 0 Å². The predicted octanol–water partition coefficient (Wildman–Crippen LogP) is 5.09. The Kier molecular flexibility index (Phi) is 7.17. The van der Waals surface area contributed by atoms with E-state index in [1.807, 2.05) is 18.3 Å². The van der Waals surface area contributed by atoms with Crippen molar-refractivity contribution < 1.29 is 4.74 Å². The van der Waals surface area contributed by atoms with E-state index in [-0.39, 0.29) is 23.4 Å². The van der Waals surface area contributed by atoms with Gasteiger partial charge in [-0.1, -0.05) is 24.8 Å². The zero-order chi connectivity index (χ0) is 18.6. The summed E-state index contributed by atoms with van der Waals surface area (Å²) in [6, 6.07) is 8.38. The highest BCUT2D eigenvalue weighted by Crippen LogP contribution is 2.49. The van der Waals surface area contributed by atoms with E-state index in [4.69, 9.17) is 16.1 Å². The number of thiophene rings is 1. The highest BCUT2D eigenvalue weighted by Gasteiger charge is 2.48. The molecule has 0 unspecified atom stereocenters. The number of hydrogen-bond donors (Lipinski definition) is 1. The molecule has 1 aliphatic heterocycles. The molecule has 2 fully saturated rings. The lowest BCUT2D eigenvalue weighted by Crippen LogP contribution is -2.47. The summed E-state index contributed by atoms with van der Waals surface area (Å²) in [5.74, 6) is 2.78. The average molecular weight is 417 g/mol. The average Bonchev–Trinajstić information content (AvgIpc) is 3.35. The number of terminal acetylenes is 1. The Labute approximate surface area is 178 Å². The third-order valence-corrected chi connectivity index (χ3v) is 7.26. The normalized spacial score (nSPS) is 23.2. The standard InChI is InChI=1S/C23H28N2OS.ClH/c1-2-19-8-16-27-20(19)17-24-14-11-22(21-7-3-6-13-25-21)12-15-26-23(18-22)9-4-5-10-23;/h1,3,6-8,13,16,24H,4-5,9-12,14-15,17-18H2;1H/t22-;/m1./s1. The maximum atomic E-state index is 6.33. The van der Waals surface area contributed by atoms with Crippen molar-refractivity contribution in [1.82, 2.24) is 10.3 Å². The fourth-order valence-electron chi connectivity index (χ4n) is 4.93. The summed E-state index contributed by atoms with van der Waals surface area (Å²) in [7, 11) is 0. The summed E-state index contributed by atoms with van der Waals surface area (Å²) in [5.41, 5.74) is 2.45. The molecule has 1 atom stereocenters. The van der Waals surface area contributed by atoms with E-state index in [1.165, 1.54) is 36.3 Å². The van der Waals surface area contributed by atoms with Gasteiger partial charge in [0.25, 0.3) is 0 Å². The summed E-state index contributed by atoms with van der Waals surface area (Å²) in [5, 5.41) is 5.70. The minimum absolute atomic E-state index is 0. The Morgan fingerprint density at radius 1 is 1.21 bits per heavy atom. The maximum Gasteiger partial charge on any atom is 0.0691 e. The highest BCUT2D eigenvalue weighted by molar-refractivity contribution is 7.10. The number of nitrogens with one attached hydrogen (secondary N) is 1. The molecule has 0 bridgehead atoms. The Morgan fingerprint density at radius 2 is 2.07 bits per heavy atom. The van der Waals surface area contributed by atoms with Gasteiger partial charge >= 0.3 is 0 Å². The number of halogens is 1. The molecule has 3 nitrogen and oxygen atoms in total. The molecule has 0 aromatic carbocycles. The van der Waals surface area contributed by atoms with E-state index < -0.39 is 0 Å². The molecule has 2 aromatic heterocycles. The highest BCUT2D eigenvalue weighted by atomic mass is 35.5. The quantitative estimate of drug-likeness (QED) is 0.526. The van der Waals surface area contributed by atoms with E-state index in [9.17, 15) is 0 Å². The fourth-order valence-corrected chi connectivity index (χ4v) is 5.74. The van der Waals surface area contributed by atoms with Crippen LogP contribution in [0.25, 0.3) is 0 Å². The largest absolute Gasteiger partial charge is 0.375 e. The Hall–Kier alpha value is -1.38. The SMILES string of the molecule is C#Cc1ccsc1CNCC[C@@]1(c2ccccn2)CCOC2(CCCC2)C1.Cl. The summed E-state index contributed by atoms with van der Waals surface area (Å²) in [6.45, 7) is 2.66. The van der Waals surface area contributed by atoms with Gasteiger partial charge in [-0.25, -0.2) is 0 Å². The van der Waals surface area contributed by atoms with Crippen LogP contribution in [0.4, 0.5) is 0 Å². The first-order valence-electron chi connectivity index (χ1n) is 10.0. The van der Waals surface area contributed by atoms with Crippen LogP contribution in [0.2, 0.25) is 0 Å². The number of aromatic nitrogens is 1. The molecule has 2 aromatic rings. The second kappa shape index (κ2) is 9.41. The lowest BCUT2D eigenvalue weighted by Gasteiger charge is -2.46. The second-order valence-electron chi connectivity index (χ2n) is 7.99. The van der Waals surface area contributed by atoms with E-state index in [1.54, 1.807) is 11.3 Å². The zero-order valence-corrected chi connectivity index (χ0v) is 17.9. The number of nitrogens with zero attached hydrogens (tertiary/aromatic N) is 1. The van der Waals surface area contributed by atoms with E-state index >= 15 is 0 Å². The van der Waals surface area contributed by atoms with Crippen LogP contribution in [0.3, 0.4) is 0 Å². The number of ether oxygens (including phenoxy) is 1. The first-order valence-corrected chi connectivity index (χ1v) is 10.9. The summed E-state index contributed by atoms with van der Waals surface area (Å²) < 4.78 is 6.33. The van der Waals surface area contributed by atoms with Gasteiger partial charge in [0, 0.05) is 40.9 Å². The third-order valence-electron chi connectivity index (χ3n) is 6.34. The third kappa shape index (κ3) is 4.44.